The van der Waals surface area contributed by atoms with Crippen molar-refractivity contribution >= 4 is 35.1 Å². The first kappa shape index (κ1) is 20.5. The van der Waals surface area contributed by atoms with E-state index in [4.69, 9.17) is 21.1 Å². The summed E-state index contributed by atoms with van der Waals surface area (Å²) < 4.78 is 43.1. The Bertz CT molecular complexity index is 1010. The van der Waals surface area contributed by atoms with Crippen molar-refractivity contribution in [3.8, 4) is 5.75 Å². The molecule has 1 aliphatic rings. The second kappa shape index (κ2) is 7.67. The van der Waals surface area contributed by atoms with E-state index in [9.17, 15) is 23.2 Å². The Labute approximate surface area is 168 Å². The van der Waals surface area contributed by atoms with Crippen molar-refractivity contribution in [3.63, 3.8) is 0 Å². The molecule has 0 N–H and O–H groups in total. The average Bonchev–Trinajstić information content (AvgIpc) is 2.69. The Hall–Kier alpha value is -3.20. The van der Waals surface area contributed by atoms with Crippen molar-refractivity contribution in [2.24, 2.45) is 0 Å². The predicted octanol–water partition coefficient (Wildman–Crippen LogP) is 3.09. The predicted molar refractivity (Wildman–Crippen MR) is 96.6 cm³/mol. The van der Waals surface area contributed by atoms with Crippen LogP contribution in [0.2, 0.25) is 5.02 Å². The highest BCUT2D eigenvalue weighted by Gasteiger charge is 2.57. The molecule has 2 aromatic carbocycles. The van der Waals surface area contributed by atoms with Crippen molar-refractivity contribution in [1.82, 2.24) is 0 Å². The van der Waals surface area contributed by atoms with Crippen LogP contribution >= 0.6 is 11.6 Å². The van der Waals surface area contributed by atoms with Gasteiger partial charge in [-0.3, -0.25) is 14.5 Å². The molecule has 1 atom stereocenters. The van der Waals surface area contributed by atoms with Gasteiger partial charge < -0.3 is 14.2 Å². The lowest BCUT2D eigenvalue weighted by Crippen LogP contribution is -2.65. The summed E-state index contributed by atoms with van der Waals surface area (Å²) in [6.07, 6.45) is -0.819. The number of methoxy groups -OCH3 is 2. The van der Waals surface area contributed by atoms with E-state index in [2.05, 4.69) is 4.74 Å². The molecular weight excluding hydrogens is 412 g/mol. The molecule has 1 amide bonds. The largest absolute Gasteiger partial charge is 0.469 e. The van der Waals surface area contributed by atoms with E-state index < -0.39 is 47.3 Å². The lowest BCUT2D eigenvalue weighted by molar-refractivity contribution is -0.166. The Morgan fingerprint density at radius 3 is 2.48 bits per heavy atom. The number of nitrogens with zero attached hydrogens (tertiary/aromatic N) is 1. The zero-order valence-electron chi connectivity index (χ0n) is 15.2. The highest BCUT2D eigenvalue weighted by atomic mass is 35.5. The minimum absolute atomic E-state index is 0.0764. The number of ether oxygens (including phenoxy) is 3. The van der Waals surface area contributed by atoms with Crippen molar-refractivity contribution in [1.29, 1.82) is 0 Å². The van der Waals surface area contributed by atoms with Gasteiger partial charge in [-0.2, -0.15) is 0 Å². The van der Waals surface area contributed by atoms with Crippen LogP contribution in [0.3, 0.4) is 0 Å². The molecule has 10 heteroatoms. The lowest BCUT2D eigenvalue weighted by Gasteiger charge is -2.44. The van der Waals surface area contributed by atoms with Gasteiger partial charge in [0.1, 0.15) is 23.8 Å². The van der Waals surface area contributed by atoms with E-state index >= 15 is 0 Å². The number of hydrogen-bond acceptors (Lipinski definition) is 6. The minimum atomic E-state index is -2.43. The lowest BCUT2D eigenvalue weighted by atomic mass is 9.99. The zero-order valence-corrected chi connectivity index (χ0v) is 16.0. The fraction of sp³-hybridized carbons (Fsp3) is 0.211. The van der Waals surface area contributed by atoms with E-state index in [-0.39, 0.29) is 16.3 Å². The number of hydrogen-bond donors (Lipinski definition) is 0. The summed E-state index contributed by atoms with van der Waals surface area (Å²) in [6.45, 7) is 0. The van der Waals surface area contributed by atoms with Gasteiger partial charge in [0.2, 0.25) is 0 Å². The molecule has 1 unspecified atom stereocenters. The molecule has 0 aliphatic carbocycles. The monoisotopic (exact) mass is 425 g/mol. The second-order valence-corrected chi connectivity index (χ2v) is 6.44. The summed E-state index contributed by atoms with van der Waals surface area (Å²) in [5.41, 5.74) is -3.03. The molecule has 0 bridgehead atoms. The summed E-state index contributed by atoms with van der Waals surface area (Å²) in [4.78, 5) is 38.7. The van der Waals surface area contributed by atoms with Crippen molar-refractivity contribution in [2.75, 3.05) is 19.1 Å². The number of fused-ring (bicyclic) bond motifs is 1. The zero-order chi connectivity index (χ0) is 21.3. The van der Waals surface area contributed by atoms with Crippen LogP contribution in [0.4, 0.5) is 14.5 Å². The van der Waals surface area contributed by atoms with Gasteiger partial charge in [0.25, 0.3) is 11.6 Å². The van der Waals surface area contributed by atoms with Gasteiger partial charge in [-0.15, -0.1) is 0 Å². The Morgan fingerprint density at radius 2 is 1.86 bits per heavy atom. The molecule has 29 heavy (non-hydrogen) atoms. The second-order valence-electron chi connectivity index (χ2n) is 6.01. The number of rotatable bonds is 4. The minimum Gasteiger partial charge on any atom is -0.469 e. The third kappa shape index (κ3) is 3.49. The van der Waals surface area contributed by atoms with Crippen molar-refractivity contribution in [2.45, 2.75) is 12.1 Å². The fourth-order valence-corrected chi connectivity index (χ4v) is 3.16. The van der Waals surface area contributed by atoms with Gasteiger partial charge in [0, 0.05) is 11.1 Å². The van der Waals surface area contributed by atoms with Crippen LogP contribution < -0.4 is 9.64 Å². The third-order valence-electron chi connectivity index (χ3n) is 4.28. The Kier molecular flexibility index (Phi) is 5.43. The summed E-state index contributed by atoms with van der Waals surface area (Å²) in [6, 6.07) is 6.34. The quantitative estimate of drug-likeness (QED) is 0.700. The average molecular weight is 426 g/mol. The van der Waals surface area contributed by atoms with E-state index in [0.29, 0.717) is 11.0 Å². The van der Waals surface area contributed by atoms with Gasteiger partial charge >= 0.3 is 11.9 Å². The summed E-state index contributed by atoms with van der Waals surface area (Å²) in [5.74, 6) is -5.16. The molecule has 1 heterocycles. The number of benzene rings is 2. The number of amides is 1. The molecule has 0 fully saturated rings. The van der Waals surface area contributed by atoms with Crippen LogP contribution in [-0.2, 0) is 19.1 Å². The number of carbonyl (C=O) groups excluding carboxylic acids is 3. The van der Waals surface area contributed by atoms with Crippen LogP contribution in [-0.4, -0.2) is 37.8 Å². The molecule has 1 aliphatic heterocycles. The maximum Gasteiger partial charge on any atom is 0.373 e. The highest BCUT2D eigenvalue weighted by Crippen LogP contribution is 2.41. The SMILES string of the molecule is COC(=O)CC1(C(=O)OC)Oc2ccc(Cl)cc2C(=O)N1c1ccc(F)cc1F. The van der Waals surface area contributed by atoms with Gasteiger partial charge in [-0.25, -0.2) is 13.6 Å². The molecule has 0 spiro atoms. The van der Waals surface area contributed by atoms with E-state index in [1.54, 1.807) is 0 Å². The van der Waals surface area contributed by atoms with Crippen LogP contribution in [0.1, 0.15) is 16.8 Å². The molecule has 0 saturated heterocycles. The van der Waals surface area contributed by atoms with Gasteiger partial charge in [-0.05, 0) is 30.3 Å². The third-order valence-corrected chi connectivity index (χ3v) is 4.52. The van der Waals surface area contributed by atoms with Gasteiger partial charge in [0.15, 0.2) is 0 Å². The molecular formula is C19H14ClF2NO6. The van der Waals surface area contributed by atoms with Crippen molar-refractivity contribution < 1.29 is 37.4 Å². The number of halogens is 3. The summed E-state index contributed by atoms with van der Waals surface area (Å²) >= 11 is 5.94. The number of carbonyl (C=O) groups is 3. The normalized spacial score (nSPS) is 18.0. The fourth-order valence-electron chi connectivity index (χ4n) is 2.98. The summed E-state index contributed by atoms with van der Waals surface area (Å²) in [5, 5.41) is 0.179. The van der Waals surface area contributed by atoms with Crippen LogP contribution in [0.25, 0.3) is 0 Å². The molecule has 2 aromatic rings. The van der Waals surface area contributed by atoms with E-state index in [1.165, 1.54) is 18.2 Å². The maximum absolute atomic E-state index is 14.6. The molecule has 152 valence electrons. The Morgan fingerprint density at radius 1 is 1.14 bits per heavy atom. The van der Waals surface area contributed by atoms with Crippen LogP contribution in [0.15, 0.2) is 36.4 Å². The first-order valence-corrected chi connectivity index (χ1v) is 8.54. The molecule has 7 nitrogen and oxygen atoms in total. The number of anilines is 1. The van der Waals surface area contributed by atoms with E-state index in [0.717, 1.165) is 26.4 Å². The highest BCUT2D eigenvalue weighted by molar-refractivity contribution is 6.31. The van der Waals surface area contributed by atoms with Crippen LogP contribution in [0, 0.1) is 11.6 Å². The number of esters is 2. The van der Waals surface area contributed by atoms with E-state index in [1.807, 2.05) is 0 Å². The molecule has 0 aromatic heterocycles. The first-order valence-electron chi connectivity index (χ1n) is 8.17. The van der Waals surface area contributed by atoms with Crippen molar-refractivity contribution in [3.05, 3.63) is 58.6 Å². The first-order chi connectivity index (χ1) is 13.7. The Balaban J connectivity index is 2.31. The standard InChI is InChI=1S/C19H14ClF2NO6/c1-27-16(24)9-19(18(26)28-2)23(14-5-4-11(21)8-13(14)22)17(25)12-7-10(20)3-6-15(12)29-19/h3-8H,9H2,1-2H3. The van der Waals surface area contributed by atoms with Gasteiger partial charge in [0.05, 0.1) is 25.5 Å². The van der Waals surface area contributed by atoms with Gasteiger partial charge in [-0.1, -0.05) is 11.6 Å². The molecule has 0 saturated carbocycles. The maximum atomic E-state index is 14.6. The summed E-state index contributed by atoms with van der Waals surface area (Å²) in [7, 11) is 2.07. The molecule has 3 rings (SSSR count). The topological polar surface area (TPSA) is 82.1 Å². The smallest absolute Gasteiger partial charge is 0.373 e. The van der Waals surface area contributed by atoms with Crippen LogP contribution in [0.5, 0.6) is 5.75 Å². The molecule has 0 radical (unpaired) electrons.